The number of nitrogens with one attached hydrogen (secondary N) is 1. The Morgan fingerprint density at radius 3 is 2.93 bits per heavy atom. The Morgan fingerprint density at radius 1 is 1.28 bits per heavy atom. The summed E-state index contributed by atoms with van der Waals surface area (Å²) in [5.41, 5.74) is 9.99. The third kappa shape index (κ3) is 2.86. The summed E-state index contributed by atoms with van der Waals surface area (Å²) in [7, 11) is 1.91. The molecular formula is C22H18N6O. The van der Waals surface area contributed by atoms with E-state index < -0.39 is 0 Å². The fourth-order valence-electron chi connectivity index (χ4n) is 3.79. The van der Waals surface area contributed by atoms with Gasteiger partial charge in [0.1, 0.15) is 5.82 Å². The van der Waals surface area contributed by atoms with Crippen molar-refractivity contribution in [2.24, 2.45) is 18.9 Å². The van der Waals surface area contributed by atoms with Crippen LogP contribution in [0.3, 0.4) is 0 Å². The summed E-state index contributed by atoms with van der Waals surface area (Å²) in [6.45, 7) is 0. The van der Waals surface area contributed by atoms with E-state index in [1.807, 2.05) is 54.3 Å². The minimum atomic E-state index is -0.239. The van der Waals surface area contributed by atoms with Gasteiger partial charge >= 0.3 is 0 Å². The number of aromatic nitrogens is 3. The molecule has 1 saturated carbocycles. The fraction of sp³-hybridized carbons (Fsp3) is 0.182. The number of rotatable bonds is 3. The van der Waals surface area contributed by atoms with E-state index in [0.29, 0.717) is 17.9 Å². The number of nitrogen functional groups attached to an aromatic ring is 1. The van der Waals surface area contributed by atoms with Crippen LogP contribution in [0.5, 0.6) is 0 Å². The van der Waals surface area contributed by atoms with Gasteiger partial charge in [0.15, 0.2) is 0 Å². The molecule has 7 heteroatoms. The molecule has 0 spiro atoms. The number of carbonyl (C=O) groups is 1. The number of pyridine rings is 1. The van der Waals surface area contributed by atoms with Gasteiger partial charge in [-0.15, -0.1) is 0 Å². The Bertz CT molecular complexity index is 1330. The highest BCUT2D eigenvalue weighted by atomic mass is 16.2. The lowest BCUT2D eigenvalue weighted by Crippen LogP contribution is -2.15. The first-order valence-corrected chi connectivity index (χ1v) is 9.36. The summed E-state index contributed by atoms with van der Waals surface area (Å²) in [5, 5.41) is 18.8. The topological polar surface area (TPSA) is 110 Å². The molecule has 2 atom stereocenters. The number of benzene rings is 2. The largest absolute Gasteiger partial charge is 0.398 e. The number of nitriles is 1. The van der Waals surface area contributed by atoms with Gasteiger partial charge < -0.3 is 11.1 Å². The van der Waals surface area contributed by atoms with Gasteiger partial charge in [0.25, 0.3) is 0 Å². The number of anilines is 2. The molecule has 1 amide bonds. The molecule has 0 aliphatic heterocycles. The lowest BCUT2D eigenvalue weighted by atomic mass is 9.98. The molecule has 7 nitrogen and oxygen atoms in total. The molecule has 1 fully saturated rings. The van der Waals surface area contributed by atoms with Gasteiger partial charge in [0, 0.05) is 29.7 Å². The van der Waals surface area contributed by atoms with Crippen LogP contribution in [0.4, 0.5) is 11.5 Å². The van der Waals surface area contributed by atoms with Crippen LogP contribution in [0.1, 0.15) is 6.42 Å². The van der Waals surface area contributed by atoms with E-state index >= 15 is 0 Å². The Hall–Kier alpha value is -3.92. The standard InChI is InChI=1S/C22H18N6O/c1-28-20-4-2-3-15(18(20)11-26-28)12-5-13-8-21(25-10-17(13)19(24)7-12)27-22(29)16-6-14(16)9-23/h2-5,7-8,10-11,14,16H,6,24H2,1H3,(H,25,27,29)/t14-,16+/m1/s1. The molecule has 2 heterocycles. The van der Waals surface area contributed by atoms with Crippen LogP contribution in [0, 0.1) is 23.2 Å². The van der Waals surface area contributed by atoms with Crippen molar-refractivity contribution in [2.75, 3.05) is 11.1 Å². The zero-order valence-electron chi connectivity index (χ0n) is 15.8. The second-order valence-corrected chi connectivity index (χ2v) is 7.43. The molecule has 1 aliphatic carbocycles. The fourth-order valence-corrected chi connectivity index (χ4v) is 3.79. The summed E-state index contributed by atoms with van der Waals surface area (Å²) < 4.78 is 1.84. The van der Waals surface area contributed by atoms with E-state index in [9.17, 15) is 4.79 Å². The summed E-state index contributed by atoms with van der Waals surface area (Å²) in [4.78, 5) is 16.6. The van der Waals surface area contributed by atoms with E-state index in [1.54, 1.807) is 6.20 Å². The van der Waals surface area contributed by atoms with Gasteiger partial charge in [-0.25, -0.2) is 4.98 Å². The maximum atomic E-state index is 12.2. The van der Waals surface area contributed by atoms with Crippen LogP contribution >= 0.6 is 0 Å². The minimum Gasteiger partial charge on any atom is -0.398 e. The van der Waals surface area contributed by atoms with Crippen LogP contribution in [0.15, 0.2) is 48.8 Å². The molecule has 3 N–H and O–H groups in total. The average Bonchev–Trinajstić information content (AvgIpc) is 3.43. The summed E-state index contributed by atoms with van der Waals surface area (Å²) in [5.74, 6) is -0.121. The van der Waals surface area contributed by atoms with Crippen molar-refractivity contribution in [1.29, 1.82) is 5.26 Å². The number of aryl methyl sites for hydroxylation is 1. The molecule has 0 saturated heterocycles. The van der Waals surface area contributed by atoms with E-state index in [4.69, 9.17) is 11.0 Å². The number of hydrogen-bond acceptors (Lipinski definition) is 5. The van der Waals surface area contributed by atoms with Crippen LogP contribution in [0.25, 0.3) is 32.8 Å². The van der Waals surface area contributed by atoms with E-state index in [-0.39, 0.29) is 17.7 Å². The van der Waals surface area contributed by atoms with Crippen molar-refractivity contribution in [3.05, 3.63) is 48.8 Å². The molecule has 4 aromatic rings. The quantitative estimate of drug-likeness (QED) is 0.527. The van der Waals surface area contributed by atoms with Gasteiger partial charge in [0.05, 0.1) is 29.6 Å². The second-order valence-electron chi connectivity index (χ2n) is 7.43. The number of nitrogens with two attached hydrogens (primary N) is 1. The average molecular weight is 382 g/mol. The Labute approximate surface area is 166 Å². The Morgan fingerprint density at radius 2 is 2.14 bits per heavy atom. The molecule has 5 rings (SSSR count). The number of fused-ring (bicyclic) bond motifs is 2. The molecule has 142 valence electrons. The molecule has 0 bridgehead atoms. The van der Waals surface area contributed by atoms with Crippen molar-refractivity contribution in [3.8, 4) is 17.2 Å². The molecule has 0 radical (unpaired) electrons. The summed E-state index contributed by atoms with van der Waals surface area (Å²) in [6.07, 6.45) is 4.13. The highest BCUT2D eigenvalue weighted by molar-refractivity contribution is 6.03. The second kappa shape index (κ2) is 6.31. The van der Waals surface area contributed by atoms with Gasteiger partial charge in [-0.2, -0.15) is 10.4 Å². The summed E-state index contributed by atoms with van der Waals surface area (Å²) in [6, 6.07) is 14.0. The summed E-state index contributed by atoms with van der Waals surface area (Å²) >= 11 is 0. The van der Waals surface area contributed by atoms with Gasteiger partial charge in [-0.1, -0.05) is 12.1 Å². The molecule has 2 aromatic heterocycles. The Kier molecular flexibility index (Phi) is 3.74. The number of amides is 1. The first-order valence-electron chi connectivity index (χ1n) is 9.36. The third-order valence-corrected chi connectivity index (χ3v) is 5.52. The molecule has 0 unspecified atom stereocenters. The van der Waals surface area contributed by atoms with Crippen molar-refractivity contribution in [2.45, 2.75) is 6.42 Å². The zero-order chi connectivity index (χ0) is 20.1. The monoisotopic (exact) mass is 382 g/mol. The van der Waals surface area contributed by atoms with Gasteiger partial charge in [-0.3, -0.25) is 9.48 Å². The predicted molar refractivity (Wildman–Crippen MR) is 112 cm³/mol. The predicted octanol–water partition coefficient (Wildman–Crippen LogP) is 3.47. The van der Waals surface area contributed by atoms with Gasteiger partial charge in [-0.05, 0) is 47.2 Å². The number of carbonyl (C=O) groups excluding carboxylic acids is 1. The van der Waals surface area contributed by atoms with Crippen molar-refractivity contribution in [3.63, 3.8) is 0 Å². The van der Waals surface area contributed by atoms with Crippen LogP contribution in [-0.4, -0.2) is 20.7 Å². The first kappa shape index (κ1) is 17.2. The molecule has 1 aliphatic rings. The van der Waals surface area contributed by atoms with E-state index in [0.717, 1.165) is 32.8 Å². The minimum absolute atomic E-state index is 0.160. The maximum absolute atomic E-state index is 12.2. The normalized spacial score (nSPS) is 17.9. The first-order chi connectivity index (χ1) is 14.0. The number of hydrogen-bond donors (Lipinski definition) is 2. The zero-order valence-corrected chi connectivity index (χ0v) is 15.8. The van der Waals surface area contributed by atoms with Crippen molar-refractivity contribution in [1.82, 2.24) is 14.8 Å². The Balaban J connectivity index is 1.56. The SMILES string of the molecule is Cn1ncc2c(-c3cc(N)c4cnc(NC(=O)[C@H]5C[C@@H]5C#N)cc4c3)cccc21. The number of nitrogens with zero attached hydrogens (tertiary/aromatic N) is 4. The molecule has 29 heavy (non-hydrogen) atoms. The molecular weight excluding hydrogens is 364 g/mol. The van der Waals surface area contributed by atoms with Crippen molar-refractivity contribution >= 4 is 39.1 Å². The van der Waals surface area contributed by atoms with Crippen LogP contribution in [-0.2, 0) is 11.8 Å². The van der Waals surface area contributed by atoms with Crippen LogP contribution in [0.2, 0.25) is 0 Å². The third-order valence-electron chi connectivity index (χ3n) is 5.52. The lowest BCUT2D eigenvalue weighted by Gasteiger charge is -2.10. The molecule has 2 aromatic carbocycles. The lowest BCUT2D eigenvalue weighted by molar-refractivity contribution is -0.117. The maximum Gasteiger partial charge on any atom is 0.230 e. The van der Waals surface area contributed by atoms with Gasteiger partial charge in [0.2, 0.25) is 5.91 Å². The smallest absolute Gasteiger partial charge is 0.230 e. The van der Waals surface area contributed by atoms with Crippen LogP contribution < -0.4 is 11.1 Å². The van der Waals surface area contributed by atoms with E-state index in [1.165, 1.54) is 0 Å². The van der Waals surface area contributed by atoms with E-state index in [2.05, 4.69) is 21.5 Å². The van der Waals surface area contributed by atoms with Crippen molar-refractivity contribution < 1.29 is 4.79 Å². The highest BCUT2D eigenvalue weighted by Gasteiger charge is 2.43. The highest BCUT2D eigenvalue weighted by Crippen LogP contribution is 2.39.